The summed E-state index contributed by atoms with van der Waals surface area (Å²) in [6.45, 7) is 2.89. The van der Waals surface area contributed by atoms with E-state index in [4.69, 9.17) is 0 Å². The minimum Gasteiger partial charge on any atom is -0.323 e. The molecule has 1 aromatic carbocycles. The van der Waals surface area contributed by atoms with Crippen LogP contribution in [0.3, 0.4) is 0 Å². The van der Waals surface area contributed by atoms with Crippen molar-refractivity contribution in [3.05, 3.63) is 35.6 Å². The summed E-state index contributed by atoms with van der Waals surface area (Å²) in [6.07, 6.45) is 3.76. The number of imide groups is 1. The fourth-order valence-corrected chi connectivity index (χ4v) is 3.96. The van der Waals surface area contributed by atoms with Crippen LogP contribution < -0.4 is 10.2 Å². The van der Waals surface area contributed by atoms with Gasteiger partial charge in [-0.25, -0.2) is 14.1 Å². The topological polar surface area (TPSA) is 53.9 Å². The molecule has 130 valence electrons. The van der Waals surface area contributed by atoms with Crippen LogP contribution in [-0.2, 0) is 11.3 Å². The van der Waals surface area contributed by atoms with E-state index in [-0.39, 0.29) is 30.3 Å². The Morgan fingerprint density at radius 3 is 2.88 bits per heavy atom. The van der Waals surface area contributed by atoms with Gasteiger partial charge < -0.3 is 10.2 Å². The number of carbonyl (C=O) groups excluding carboxylic acids is 2. The van der Waals surface area contributed by atoms with E-state index in [0.29, 0.717) is 6.54 Å². The van der Waals surface area contributed by atoms with Gasteiger partial charge in [-0.05, 0) is 30.9 Å². The molecule has 1 saturated heterocycles. The molecule has 6 heteroatoms. The molecule has 1 unspecified atom stereocenters. The van der Waals surface area contributed by atoms with Crippen molar-refractivity contribution < 1.29 is 18.9 Å². The van der Waals surface area contributed by atoms with Crippen molar-refractivity contribution in [1.29, 1.82) is 0 Å². The van der Waals surface area contributed by atoms with Gasteiger partial charge in [0.25, 0.3) is 5.91 Å². The second-order valence-corrected chi connectivity index (χ2v) is 7.20. The number of benzene rings is 1. The molecule has 1 aliphatic heterocycles. The highest BCUT2D eigenvalue weighted by atomic mass is 19.1. The van der Waals surface area contributed by atoms with Crippen molar-refractivity contribution in [2.45, 2.75) is 44.7 Å². The molecule has 3 amide bonds. The number of quaternary nitrogens is 1. The van der Waals surface area contributed by atoms with E-state index in [2.05, 4.69) is 5.32 Å². The van der Waals surface area contributed by atoms with Crippen LogP contribution in [0, 0.1) is 11.7 Å². The van der Waals surface area contributed by atoms with Gasteiger partial charge in [-0.15, -0.1) is 0 Å². The lowest BCUT2D eigenvalue weighted by atomic mass is 9.73. The van der Waals surface area contributed by atoms with E-state index < -0.39 is 5.54 Å². The number of hydrogen-bond acceptors (Lipinski definition) is 2. The van der Waals surface area contributed by atoms with Crippen LogP contribution in [0.1, 0.15) is 38.2 Å². The SMILES string of the molecule is C[C@@H]1CCCC[C@@]12NC(=O)N(C[NH+](C)Cc1cccc(F)c1)C2=O. The zero-order chi connectivity index (χ0) is 17.3. The summed E-state index contributed by atoms with van der Waals surface area (Å²) in [4.78, 5) is 27.6. The lowest BCUT2D eigenvalue weighted by Gasteiger charge is -2.36. The number of urea groups is 1. The first-order valence-corrected chi connectivity index (χ1v) is 8.62. The molecule has 5 nitrogen and oxygen atoms in total. The molecule has 3 atom stereocenters. The highest BCUT2D eigenvalue weighted by Gasteiger charge is 2.55. The molecule has 0 radical (unpaired) electrons. The Labute approximate surface area is 141 Å². The van der Waals surface area contributed by atoms with Gasteiger partial charge in [0, 0.05) is 5.56 Å². The van der Waals surface area contributed by atoms with Crippen molar-refractivity contribution >= 4 is 11.9 Å². The van der Waals surface area contributed by atoms with E-state index in [1.807, 2.05) is 20.0 Å². The number of halogens is 1. The van der Waals surface area contributed by atoms with Crippen LogP contribution in [0.4, 0.5) is 9.18 Å². The van der Waals surface area contributed by atoms with Crippen LogP contribution in [0.5, 0.6) is 0 Å². The first-order chi connectivity index (χ1) is 11.4. The Balaban J connectivity index is 1.68. The fourth-order valence-electron chi connectivity index (χ4n) is 3.96. The highest BCUT2D eigenvalue weighted by molar-refractivity contribution is 6.07. The van der Waals surface area contributed by atoms with Gasteiger partial charge in [-0.3, -0.25) is 4.79 Å². The molecule has 3 rings (SSSR count). The van der Waals surface area contributed by atoms with Gasteiger partial charge in [0.05, 0.1) is 7.05 Å². The molecule has 1 aliphatic carbocycles. The third-order valence-corrected chi connectivity index (χ3v) is 5.32. The molecule has 2 N–H and O–H groups in total. The summed E-state index contributed by atoms with van der Waals surface area (Å²) >= 11 is 0. The predicted molar refractivity (Wildman–Crippen MR) is 87.6 cm³/mol. The second kappa shape index (κ2) is 6.51. The monoisotopic (exact) mass is 334 g/mol. The molecule has 2 aliphatic rings. The van der Waals surface area contributed by atoms with Crippen LogP contribution >= 0.6 is 0 Å². The number of amides is 3. The molecular weight excluding hydrogens is 309 g/mol. The lowest BCUT2D eigenvalue weighted by Crippen LogP contribution is -3.09. The van der Waals surface area contributed by atoms with Crippen LogP contribution in [-0.4, -0.2) is 36.1 Å². The van der Waals surface area contributed by atoms with Gasteiger partial charge in [-0.2, -0.15) is 0 Å². The average Bonchev–Trinajstić information content (AvgIpc) is 2.75. The minimum atomic E-state index is -0.714. The maximum absolute atomic E-state index is 13.3. The molecule has 1 heterocycles. The Morgan fingerprint density at radius 2 is 2.17 bits per heavy atom. The van der Waals surface area contributed by atoms with Crippen molar-refractivity contribution in [2.75, 3.05) is 13.7 Å². The largest absolute Gasteiger partial charge is 0.329 e. The van der Waals surface area contributed by atoms with E-state index >= 15 is 0 Å². The van der Waals surface area contributed by atoms with E-state index in [0.717, 1.165) is 36.1 Å². The number of nitrogens with zero attached hydrogens (tertiary/aromatic N) is 1. The van der Waals surface area contributed by atoms with E-state index in [1.165, 1.54) is 17.0 Å². The van der Waals surface area contributed by atoms with Gasteiger partial charge in [0.2, 0.25) is 0 Å². The maximum atomic E-state index is 13.3. The molecule has 0 aromatic heterocycles. The molecule has 1 spiro atoms. The zero-order valence-electron chi connectivity index (χ0n) is 14.3. The van der Waals surface area contributed by atoms with Gasteiger partial charge in [0.1, 0.15) is 17.9 Å². The highest BCUT2D eigenvalue weighted by Crippen LogP contribution is 2.37. The van der Waals surface area contributed by atoms with Gasteiger partial charge in [-0.1, -0.05) is 31.9 Å². The number of nitrogens with one attached hydrogen (secondary N) is 2. The van der Waals surface area contributed by atoms with Crippen molar-refractivity contribution in [3.8, 4) is 0 Å². The molecule has 1 aromatic rings. The van der Waals surface area contributed by atoms with Crippen molar-refractivity contribution in [2.24, 2.45) is 5.92 Å². The number of rotatable bonds is 4. The zero-order valence-corrected chi connectivity index (χ0v) is 14.3. The lowest BCUT2D eigenvalue weighted by molar-refractivity contribution is -0.901. The Hall–Kier alpha value is -1.95. The van der Waals surface area contributed by atoms with Crippen LogP contribution in [0.15, 0.2) is 24.3 Å². The Kier molecular flexibility index (Phi) is 4.58. The summed E-state index contributed by atoms with van der Waals surface area (Å²) in [7, 11) is 1.90. The van der Waals surface area contributed by atoms with Crippen molar-refractivity contribution in [1.82, 2.24) is 10.2 Å². The van der Waals surface area contributed by atoms with E-state index in [1.54, 1.807) is 6.07 Å². The molecular formula is C18H25FN3O2+. The summed E-state index contributed by atoms with van der Waals surface area (Å²) in [5, 5.41) is 2.96. The van der Waals surface area contributed by atoms with Gasteiger partial charge in [0.15, 0.2) is 6.67 Å². The van der Waals surface area contributed by atoms with Gasteiger partial charge >= 0.3 is 6.03 Å². The molecule has 2 fully saturated rings. The predicted octanol–water partition coefficient (Wildman–Crippen LogP) is 1.30. The normalized spacial score (nSPS) is 28.3. The first-order valence-electron chi connectivity index (χ1n) is 8.62. The van der Waals surface area contributed by atoms with Crippen LogP contribution in [0.2, 0.25) is 0 Å². The minimum absolute atomic E-state index is 0.0988. The summed E-state index contributed by atoms with van der Waals surface area (Å²) in [5.74, 6) is -0.209. The van der Waals surface area contributed by atoms with Crippen molar-refractivity contribution in [3.63, 3.8) is 0 Å². The third kappa shape index (κ3) is 3.02. The number of hydrogen-bond donors (Lipinski definition) is 2. The smallest absolute Gasteiger partial charge is 0.323 e. The Bertz CT molecular complexity index is 651. The molecule has 1 saturated carbocycles. The fraction of sp³-hybridized carbons (Fsp3) is 0.556. The summed E-state index contributed by atoms with van der Waals surface area (Å²) < 4.78 is 13.3. The van der Waals surface area contributed by atoms with Crippen LogP contribution in [0.25, 0.3) is 0 Å². The average molecular weight is 334 g/mol. The van der Waals surface area contributed by atoms with E-state index in [9.17, 15) is 14.0 Å². The standard InChI is InChI=1S/C18H24FN3O2/c1-13-6-3-4-9-18(13)16(23)22(17(24)20-18)12-21(2)11-14-7-5-8-15(19)10-14/h5,7-8,10,13H,3-4,6,9,11-12H2,1-2H3,(H,20,24)/p+1/t13-,18-/m1/s1. The molecule has 24 heavy (non-hydrogen) atoms. The second-order valence-electron chi connectivity index (χ2n) is 7.20. The maximum Gasteiger partial charge on any atom is 0.329 e. The quantitative estimate of drug-likeness (QED) is 0.816. The number of carbonyl (C=O) groups is 2. The summed E-state index contributed by atoms with van der Waals surface area (Å²) in [5.41, 5.74) is 0.134. The summed E-state index contributed by atoms with van der Waals surface area (Å²) in [6, 6.07) is 6.12. The Morgan fingerprint density at radius 1 is 1.38 bits per heavy atom. The molecule has 0 bridgehead atoms. The first kappa shape index (κ1) is 16.9. The third-order valence-electron chi connectivity index (χ3n) is 5.32.